The summed E-state index contributed by atoms with van der Waals surface area (Å²) in [5.41, 5.74) is 0.565. The maximum absolute atomic E-state index is 13.6. The summed E-state index contributed by atoms with van der Waals surface area (Å²) in [6.45, 7) is 0.441. The van der Waals surface area contributed by atoms with Gasteiger partial charge in [0.05, 0.1) is 17.5 Å². The fraction of sp³-hybridized carbons (Fsp3) is 0.440. The van der Waals surface area contributed by atoms with Crippen molar-refractivity contribution < 1.29 is 28.7 Å². The Morgan fingerprint density at radius 3 is 2.83 bits per heavy atom. The molecule has 11 heteroatoms. The van der Waals surface area contributed by atoms with E-state index < -0.39 is 17.6 Å². The third-order valence-corrected chi connectivity index (χ3v) is 8.34. The largest absolute Gasteiger partial charge is 0.490 e. The molecule has 2 fully saturated rings. The van der Waals surface area contributed by atoms with Gasteiger partial charge >= 0.3 is 12.1 Å². The van der Waals surface area contributed by atoms with Gasteiger partial charge in [0, 0.05) is 24.7 Å². The molecule has 4 aliphatic rings. The van der Waals surface area contributed by atoms with Gasteiger partial charge in [0.15, 0.2) is 0 Å². The lowest BCUT2D eigenvalue weighted by molar-refractivity contribution is -0.143. The molecule has 1 spiro atoms. The average molecular weight is 511 g/mol. The Kier molecular flexibility index (Phi) is 5.40. The molecule has 188 valence electrons. The van der Waals surface area contributed by atoms with E-state index >= 15 is 0 Å². The first kappa shape index (κ1) is 22.8. The predicted molar refractivity (Wildman–Crippen MR) is 130 cm³/mol. The summed E-state index contributed by atoms with van der Waals surface area (Å²) in [4.78, 5) is 55.3. The van der Waals surface area contributed by atoms with Gasteiger partial charge in [0.25, 0.3) is 5.91 Å². The fourth-order valence-corrected chi connectivity index (χ4v) is 6.22. The summed E-state index contributed by atoms with van der Waals surface area (Å²) in [7, 11) is 1.52. The van der Waals surface area contributed by atoms with Crippen LogP contribution in [0.3, 0.4) is 0 Å². The molecule has 3 heterocycles. The monoisotopic (exact) mass is 510 g/mol. The second-order valence-electron chi connectivity index (χ2n) is 9.61. The van der Waals surface area contributed by atoms with Gasteiger partial charge < -0.3 is 25.0 Å². The predicted octanol–water partition coefficient (Wildman–Crippen LogP) is 2.82. The summed E-state index contributed by atoms with van der Waals surface area (Å²) in [6, 6.07) is 6.64. The van der Waals surface area contributed by atoms with Crippen LogP contribution >= 0.6 is 11.3 Å². The number of fused-ring (bicyclic) bond motifs is 3. The third kappa shape index (κ3) is 3.69. The number of hydrogen-bond acceptors (Lipinski definition) is 7. The number of thiophene rings is 1. The van der Waals surface area contributed by atoms with Crippen LogP contribution in [-0.2, 0) is 32.9 Å². The highest BCUT2D eigenvalue weighted by Gasteiger charge is 2.58. The first-order chi connectivity index (χ1) is 17.4. The van der Waals surface area contributed by atoms with E-state index in [0.717, 1.165) is 33.9 Å². The minimum atomic E-state index is -1.43. The van der Waals surface area contributed by atoms with E-state index in [1.165, 1.54) is 18.4 Å². The smallest absolute Gasteiger partial charge is 0.418 e. The van der Waals surface area contributed by atoms with Crippen molar-refractivity contribution >= 4 is 41.0 Å². The lowest BCUT2D eigenvalue weighted by atomic mass is 9.94. The van der Waals surface area contributed by atoms with E-state index in [0.29, 0.717) is 43.2 Å². The number of benzene rings is 1. The van der Waals surface area contributed by atoms with Crippen LogP contribution in [-0.4, -0.2) is 60.0 Å². The highest BCUT2D eigenvalue weighted by molar-refractivity contribution is 7.10. The number of carbonyl (C=O) groups excluding carboxylic acids is 4. The van der Waals surface area contributed by atoms with Gasteiger partial charge in [0.1, 0.15) is 18.9 Å². The van der Waals surface area contributed by atoms with E-state index in [1.54, 1.807) is 23.1 Å². The minimum Gasteiger partial charge on any atom is -0.490 e. The molecular weight excluding hydrogens is 484 g/mol. The quantitative estimate of drug-likeness (QED) is 0.653. The number of imide groups is 1. The molecule has 5 amide bonds. The Labute approximate surface area is 211 Å². The number of rotatable bonds is 4. The Bertz CT molecular complexity index is 1270. The van der Waals surface area contributed by atoms with Crippen molar-refractivity contribution in [2.75, 3.05) is 25.5 Å². The molecule has 2 atom stereocenters. The second-order valence-corrected chi connectivity index (χ2v) is 10.6. The number of hydrogen-bond donors (Lipinski definition) is 2. The number of ether oxygens (including phenoxy) is 2. The maximum Gasteiger partial charge on any atom is 0.418 e. The van der Waals surface area contributed by atoms with Gasteiger partial charge in [-0.3, -0.25) is 9.59 Å². The molecule has 2 N–H and O–H groups in total. The third-order valence-electron chi connectivity index (χ3n) is 7.45. The Hall–Kier alpha value is -3.60. The number of nitrogens with zero attached hydrogens (tertiary/aromatic N) is 2. The van der Waals surface area contributed by atoms with Crippen LogP contribution < -0.4 is 15.4 Å². The van der Waals surface area contributed by atoms with E-state index in [9.17, 15) is 19.2 Å². The van der Waals surface area contributed by atoms with Gasteiger partial charge in [-0.25, -0.2) is 14.5 Å². The first-order valence-electron chi connectivity index (χ1n) is 12.1. The zero-order chi connectivity index (χ0) is 25.0. The van der Waals surface area contributed by atoms with E-state index in [4.69, 9.17) is 9.47 Å². The Balaban J connectivity index is 1.22. The van der Waals surface area contributed by atoms with Crippen LogP contribution in [0.4, 0.5) is 15.3 Å². The van der Waals surface area contributed by atoms with Gasteiger partial charge in [0.2, 0.25) is 11.5 Å². The van der Waals surface area contributed by atoms with Gasteiger partial charge in [-0.2, -0.15) is 0 Å². The molecule has 6 rings (SSSR count). The SMILES string of the molecule is CNC(=O)Nc1ccc2c(c1)CC[C@]21OC(=O)N(CC(=O)N2Cc3sccc3OC[C@H]2C2CC2)C1=O. The molecule has 1 saturated carbocycles. The summed E-state index contributed by atoms with van der Waals surface area (Å²) in [6.07, 6.45) is 2.06. The Morgan fingerprint density at radius 1 is 1.22 bits per heavy atom. The lowest BCUT2D eigenvalue weighted by Gasteiger charge is -2.30. The summed E-state index contributed by atoms with van der Waals surface area (Å²) >= 11 is 1.53. The normalized spacial score (nSPS) is 24.6. The van der Waals surface area contributed by atoms with Crippen molar-refractivity contribution in [1.82, 2.24) is 15.1 Å². The van der Waals surface area contributed by atoms with Crippen LogP contribution in [0.15, 0.2) is 29.6 Å². The molecule has 36 heavy (non-hydrogen) atoms. The number of nitrogens with one attached hydrogen (secondary N) is 2. The highest BCUT2D eigenvalue weighted by atomic mass is 32.1. The second kappa shape index (κ2) is 8.51. The molecule has 1 aromatic heterocycles. The van der Waals surface area contributed by atoms with Crippen LogP contribution in [0.1, 0.15) is 35.3 Å². The molecular formula is C25H26N4O6S. The van der Waals surface area contributed by atoms with Gasteiger partial charge in [-0.1, -0.05) is 6.07 Å². The summed E-state index contributed by atoms with van der Waals surface area (Å²) < 4.78 is 11.7. The number of aryl methyl sites for hydroxylation is 1. The molecule has 0 unspecified atom stereocenters. The first-order valence-corrected chi connectivity index (χ1v) is 12.9. The maximum atomic E-state index is 13.6. The number of amides is 5. The topological polar surface area (TPSA) is 117 Å². The average Bonchev–Trinajstić information content (AvgIpc) is 3.50. The summed E-state index contributed by atoms with van der Waals surface area (Å²) in [5, 5.41) is 7.13. The minimum absolute atomic E-state index is 0.0850. The van der Waals surface area contributed by atoms with Crippen molar-refractivity contribution in [3.63, 3.8) is 0 Å². The van der Waals surface area contributed by atoms with Crippen LogP contribution in [0.2, 0.25) is 0 Å². The molecule has 0 bridgehead atoms. The van der Waals surface area contributed by atoms with E-state index in [2.05, 4.69) is 10.6 Å². The zero-order valence-electron chi connectivity index (χ0n) is 19.7. The van der Waals surface area contributed by atoms with Crippen molar-refractivity contribution in [1.29, 1.82) is 0 Å². The van der Waals surface area contributed by atoms with E-state index in [-0.39, 0.29) is 24.5 Å². The van der Waals surface area contributed by atoms with Crippen LogP contribution in [0.5, 0.6) is 5.75 Å². The van der Waals surface area contributed by atoms with E-state index in [1.807, 2.05) is 11.4 Å². The number of anilines is 1. The van der Waals surface area contributed by atoms with Crippen molar-refractivity contribution in [2.24, 2.45) is 5.92 Å². The molecule has 1 saturated heterocycles. The van der Waals surface area contributed by atoms with Crippen molar-refractivity contribution in [2.45, 2.75) is 43.9 Å². The molecule has 2 aliphatic heterocycles. The molecule has 1 aromatic carbocycles. The van der Waals surface area contributed by atoms with Gasteiger partial charge in [-0.15, -0.1) is 11.3 Å². The summed E-state index contributed by atoms with van der Waals surface area (Å²) in [5.74, 6) is 0.360. The molecule has 10 nitrogen and oxygen atoms in total. The molecule has 2 aliphatic carbocycles. The van der Waals surface area contributed by atoms with Crippen molar-refractivity contribution in [3.8, 4) is 5.75 Å². The fourth-order valence-electron chi connectivity index (χ4n) is 5.41. The zero-order valence-corrected chi connectivity index (χ0v) is 20.6. The Morgan fingerprint density at radius 2 is 2.06 bits per heavy atom. The number of carbonyl (C=O) groups is 4. The van der Waals surface area contributed by atoms with Crippen LogP contribution in [0, 0.1) is 5.92 Å². The lowest BCUT2D eigenvalue weighted by Crippen LogP contribution is -2.49. The molecule has 2 aromatic rings. The molecule has 0 radical (unpaired) electrons. The standard InChI is InChI=1S/C25H26N4O6S/c1-26-23(32)27-16-4-5-17-15(10-16)6-8-25(17)22(31)29(24(33)35-25)12-21(30)28-11-20-19(7-9-36-20)34-13-18(28)14-2-3-14/h4-5,7,9-10,14,18H,2-3,6,8,11-13H2,1H3,(H2,26,27,32)/t18-,25-/m0/s1. The van der Waals surface area contributed by atoms with Gasteiger partial charge in [-0.05, 0) is 54.3 Å². The highest BCUT2D eigenvalue weighted by Crippen LogP contribution is 2.46. The number of urea groups is 1. The van der Waals surface area contributed by atoms with Crippen molar-refractivity contribution in [3.05, 3.63) is 45.6 Å². The van der Waals surface area contributed by atoms with Crippen LogP contribution in [0.25, 0.3) is 0 Å².